The maximum atomic E-state index is 13.3. The first kappa shape index (κ1) is 27.0. The molecule has 0 aliphatic carbocycles. The average molecular weight is 557 g/mol. The van der Waals surface area contributed by atoms with Gasteiger partial charge in [0.05, 0.1) is 18.8 Å². The van der Waals surface area contributed by atoms with Crippen molar-refractivity contribution in [1.82, 2.24) is 0 Å². The van der Waals surface area contributed by atoms with Crippen LogP contribution < -0.4 is 0 Å². The quantitative estimate of drug-likeness (QED) is 0.228. The molecule has 40 heavy (non-hydrogen) atoms. The fourth-order valence-corrected chi connectivity index (χ4v) is 6.18. The number of fused-ring (bicyclic) bond motifs is 2. The molecule has 2 aliphatic rings. The van der Waals surface area contributed by atoms with E-state index in [1.807, 2.05) is 60.7 Å². The van der Waals surface area contributed by atoms with Crippen molar-refractivity contribution in [2.24, 2.45) is 0 Å². The number of ether oxygens (including phenoxy) is 5. The lowest BCUT2D eigenvalue weighted by atomic mass is 9.98. The molecule has 0 saturated carbocycles. The van der Waals surface area contributed by atoms with E-state index in [-0.39, 0.29) is 6.10 Å². The largest absolute Gasteiger partial charge is 0.452 e. The van der Waals surface area contributed by atoms with Gasteiger partial charge in [0, 0.05) is 5.56 Å². The van der Waals surface area contributed by atoms with E-state index in [9.17, 15) is 4.79 Å². The molecule has 6 atom stereocenters. The Balaban J connectivity index is 1.30. The van der Waals surface area contributed by atoms with Crippen LogP contribution in [0.2, 0.25) is 0 Å². The van der Waals surface area contributed by atoms with Crippen molar-refractivity contribution in [2.75, 3.05) is 12.4 Å². The smallest absolute Gasteiger partial charge is 0.338 e. The second-order valence-corrected chi connectivity index (χ2v) is 11.2. The van der Waals surface area contributed by atoms with E-state index < -0.39 is 36.0 Å². The average Bonchev–Trinajstić information content (AvgIpc) is 3.01. The molecular formula is C33H32O6S. The highest BCUT2D eigenvalue weighted by atomic mass is 32.2. The third kappa shape index (κ3) is 5.94. The van der Waals surface area contributed by atoms with Gasteiger partial charge >= 0.3 is 5.97 Å². The predicted octanol–water partition coefficient (Wildman–Crippen LogP) is 6.54. The fraction of sp³-hybridized carbons (Fsp3) is 0.303. The van der Waals surface area contributed by atoms with E-state index in [1.54, 1.807) is 23.9 Å². The summed E-state index contributed by atoms with van der Waals surface area (Å²) in [7, 11) is 0. The van der Waals surface area contributed by atoms with E-state index in [0.717, 1.165) is 22.3 Å². The van der Waals surface area contributed by atoms with Crippen molar-refractivity contribution in [3.05, 3.63) is 120 Å². The molecule has 4 aromatic rings. The van der Waals surface area contributed by atoms with Gasteiger partial charge in [0.25, 0.3) is 0 Å². The zero-order chi connectivity index (χ0) is 27.3. The minimum absolute atomic E-state index is 0.335. The van der Waals surface area contributed by atoms with E-state index in [2.05, 4.69) is 37.3 Å². The molecule has 6 rings (SSSR count). The minimum Gasteiger partial charge on any atom is -0.452 e. The van der Waals surface area contributed by atoms with Gasteiger partial charge in [-0.25, -0.2) is 4.79 Å². The topological polar surface area (TPSA) is 63.2 Å². The van der Waals surface area contributed by atoms with E-state index >= 15 is 0 Å². The second kappa shape index (κ2) is 12.5. The number of thioether (sulfide) groups is 1. The van der Waals surface area contributed by atoms with Gasteiger partial charge in [-0.05, 0) is 40.3 Å². The molecule has 6 nitrogen and oxygen atoms in total. The minimum atomic E-state index is -0.686. The first-order valence-electron chi connectivity index (χ1n) is 13.6. The molecular weight excluding hydrogens is 524 g/mol. The number of carbonyl (C=O) groups is 1. The number of carbonyl (C=O) groups excluding carboxylic acids is 1. The van der Waals surface area contributed by atoms with Gasteiger partial charge in [-0.15, -0.1) is 11.8 Å². The highest BCUT2D eigenvalue weighted by Crippen LogP contribution is 2.39. The van der Waals surface area contributed by atoms with Crippen LogP contribution in [0.3, 0.4) is 0 Å². The molecule has 0 radical (unpaired) electrons. The van der Waals surface area contributed by atoms with Gasteiger partial charge in [-0.1, -0.05) is 91.9 Å². The molecule has 0 aromatic heterocycles. The van der Waals surface area contributed by atoms with Crippen molar-refractivity contribution in [1.29, 1.82) is 0 Å². The van der Waals surface area contributed by atoms with Gasteiger partial charge < -0.3 is 23.7 Å². The van der Waals surface area contributed by atoms with Crippen LogP contribution in [0.5, 0.6) is 0 Å². The first-order chi connectivity index (χ1) is 19.7. The maximum Gasteiger partial charge on any atom is 0.338 e. The highest BCUT2D eigenvalue weighted by Gasteiger charge is 2.52. The maximum absolute atomic E-state index is 13.3. The predicted molar refractivity (Wildman–Crippen MR) is 155 cm³/mol. The lowest BCUT2D eigenvalue weighted by Gasteiger charge is -2.48. The molecule has 0 bridgehead atoms. The fourth-order valence-electron chi connectivity index (χ4n) is 5.23. The Labute approximate surface area is 238 Å². The molecule has 0 spiro atoms. The van der Waals surface area contributed by atoms with Gasteiger partial charge in [0.2, 0.25) is 0 Å². The van der Waals surface area contributed by atoms with Gasteiger partial charge in [-0.2, -0.15) is 0 Å². The molecule has 2 aliphatic heterocycles. The number of rotatable bonds is 8. The van der Waals surface area contributed by atoms with Crippen molar-refractivity contribution in [3.63, 3.8) is 0 Å². The van der Waals surface area contributed by atoms with Crippen molar-refractivity contribution >= 4 is 28.5 Å². The van der Waals surface area contributed by atoms with Crippen LogP contribution in [0, 0.1) is 0 Å². The number of hydrogen-bond donors (Lipinski definition) is 0. The lowest BCUT2D eigenvalue weighted by Crippen LogP contribution is -2.62. The summed E-state index contributed by atoms with van der Waals surface area (Å²) >= 11 is 1.59. The first-order valence-corrected chi connectivity index (χ1v) is 14.7. The summed E-state index contributed by atoms with van der Waals surface area (Å²) in [6.45, 7) is 2.74. The van der Waals surface area contributed by atoms with Crippen molar-refractivity contribution in [2.45, 2.75) is 49.7 Å². The Hall–Kier alpha value is -3.20. The zero-order valence-corrected chi connectivity index (χ0v) is 23.1. The van der Waals surface area contributed by atoms with Crippen LogP contribution >= 0.6 is 11.8 Å². The van der Waals surface area contributed by atoms with Gasteiger partial charge in [0.1, 0.15) is 23.7 Å². The Morgan fingerprint density at radius 1 is 0.850 bits per heavy atom. The lowest BCUT2D eigenvalue weighted by molar-refractivity contribution is -0.324. The summed E-state index contributed by atoms with van der Waals surface area (Å²) in [6.07, 6.45) is -2.69. The summed E-state index contributed by atoms with van der Waals surface area (Å²) in [5.74, 6) is 0.369. The third-order valence-electron chi connectivity index (χ3n) is 7.20. The van der Waals surface area contributed by atoms with Crippen LogP contribution in [-0.4, -0.2) is 48.2 Å². The Morgan fingerprint density at radius 2 is 1.57 bits per heavy atom. The Bertz CT molecular complexity index is 1410. The second-order valence-electron chi connectivity index (χ2n) is 9.87. The SMILES string of the molecule is CCS[C@@H]1OC2COC(c3ccccc3)O[C@H]2[C@H](OCc2ccc3ccccc3c2)C1OC(=O)c1ccccc1. The van der Waals surface area contributed by atoms with E-state index in [1.165, 1.54) is 5.39 Å². The molecule has 2 saturated heterocycles. The Kier molecular flexibility index (Phi) is 8.46. The summed E-state index contributed by atoms with van der Waals surface area (Å²) < 4.78 is 31.9. The highest BCUT2D eigenvalue weighted by molar-refractivity contribution is 7.99. The summed E-state index contributed by atoms with van der Waals surface area (Å²) in [5.41, 5.74) is 1.99. The third-order valence-corrected chi connectivity index (χ3v) is 8.24. The summed E-state index contributed by atoms with van der Waals surface area (Å²) in [6, 6.07) is 33.4. The standard InChI is InChI=1S/C33H32O6S/c1-2-40-33-30(38-31(34)24-12-5-3-6-13-24)29(35-20-22-17-18-23-11-9-10-16-26(23)19-22)28-27(37-33)21-36-32(39-28)25-14-7-4-8-15-25/h3-19,27-30,32-33H,2,20-21H2,1H3/t27?,28-,29+,30?,32?,33+/m1/s1. The summed E-state index contributed by atoms with van der Waals surface area (Å²) in [5, 5.41) is 2.32. The molecule has 2 fully saturated rings. The molecule has 0 N–H and O–H groups in total. The number of esters is 1. The number of hydrogen-bond acceptors (Lipinski definition) is 7. The van der Waals surface area contributed by atoms with E-state index in [4.69, 9.17) is 23.7 Å². The van der Waals surface area contributed by atoms with Crippen LogP contribution in [0.1, 0.15) is 34.7 Å². The zero-order valence-electron chi connectivity index (χ0n) is 22.3. The van der Waals surface area contributed by atoms with Crippen molar-refractivity contribution in [3.8, 4) is 0 Å². The molecule has 0 amide bonds. The van der Waals surface area contributed by atoms with Gasteiger partial charge in [-0.3, -0.25) is 0 Å². The normalized spacial score (nSPS) is 26.2. The summed E-state index contributed by atoms with van der Waals surface area (Å²) in [4.78, 5) is 13.3. The Morgan fingerprint density at radius 3 is 2.35 bits per heavy atom. The molecule has 2 heterocycles. The van der Waals surface area contributed by atoms with Crippen molar-refractivity contribution < 1.29 is 28.5 Å². The molecule has 206 valence electrons. The molecule has 3 unspecified atom stereocenters. The monoisotopic (exact) mass is 556 g/mol. The number of benzene rings is 4. The molecule has 7 heteroatoms. The molecule has 4 aromatic carbocycles. The van der Waals surface area contributed by atoms with Crippen LogP contribution in [0.15, 0.2) is 103 Å². The van der Waals surface area contributed by atoms with Crippen LogP contribution in [0.4, 0.5) is 0 Å². The van der Waals surface area contributed by atoms with Gasteiger partial charge in [0.15, 0.2) is 12.4 Å². The van der Waals surface area contributed by atoms with E-state index in [0.29, 0.717) is 18.8 Å². The van der Waals surface area contributed by atoms with Crippen LogP contribution in [-0.2, 0) is 30.3 Å². The van der Waals surface area contributed by atoms with Crippen LogP contribution in [0.25, 0.3) is 10.8 Å².